The Morgan fingerprint density at radius 3 is 2.85 bits per heavy atom. The van der Waals surface area contributed by atoms with Crippen molar-refractivity contribution in [1.29, 1.82) is 0 Å². The minimum absolute atomic E-state index is 0.0698. The van der Waals surface area contributed by atoms with Gasteiger partial charge in [-0.1, -0.05) is 12.1 Å². The molecule has 0 saturated heterocycles. The zero-order valence-corrected chi connectivity index (χ0v) is 12.6. The molecule has 110 valence electrons. The normalized spacial score (nSPS) is 11.4. The minimum Gasteiger partial charge on any atom is -0.399 e. The standard InChI is InChI=1S/C16H25N3O/c1-13(2)19(3)11-5-10-18-16(20)9-8-14-6-4-7-15(17)12-14/h4,6-9,12-13H,5,10-11,17H2,1-3H3,(H,18,20)/b9-8+. The average molecular weight is 275 g/mol. The molecular formula is C16H25N3O. The Labute approximate surface area is 121 Å². The van der Waals surface area contributed by atoms with Crippen LogP contribution in [0.4, 0.5) is 5.69 Å². The Morgan fingerprint density at radius 1 is 1.45 bits per heavy atom. The summed E-state index contributed by atoms with van der Waals surface area (Å²) in [6.45, 7) is 5.99. The molecule has 20 heavy (non-hydrogen) atoms. The first-order valence-electron chi connectivity index (χ1n) is 7.00. The maximum Gasteiger partial charge on any atom is 0.243 e. The molecule has 0 bridgehead atoms. The van der Waals surface area contributed by atoms with E-state index in [1.165, 1.54) is 0 Å². The zero-order valence-electron chi connectivity index (χ0n) is 12.6. The van der Waals surface area contributed by atoms with E-state index in [2.05, 4.69) is 31.1 Å². The van der Waals surface area contributed by atoms with Crippen LogP contribution >= 0.6 is 0 Å². The molecule has 0 saturated carbocycles. The second-order valence-electron chi connectivity index (χ2n) is 5.22. The number of nitrogens with zero attached hydrogens (tertiary/aromatic N) is 1. The molecule has 1 rings (SSSR count). The maximum atomic E-state index is 11.6. The zero-order chi connectivity index (χ0) is 15.0. The van der Waals surface area contributed by atoms with E-state index >= 15 is 0 Å². The summed E-state index contributed by atoms with van der Waals surface area (Å²) < 4.78 is 0. The Balaban J connectivity index is 2.27. The molecule has 0 aliphatic carbocycles. The quantitative estimate of drug-likeness (QED) is 0.455. The number of nitrogen functional groups attached to an aromatic ring is 1. The van der Waals surface area contributed by atoms with Crippen molar-refractivity contribution in [2.75, 3.05) is 25.9 Å². The smallest absolute Gasteiger partial charge is 0.243 e. The summed E-state index contributed by atoms with van der Waals surface area (Å²) >= 11 is 0. The van der Waals surface area contributed by atoms with Crippen LogP contribution in [0.15, 0.2) is 30.3 Å². The van der Waals surface area contributed by atoms with E-state index in [0.29, 0.717) is 18.3 Å². The summed E-state index contributed by atoms with van der Waals surface area (Å²) in [5, 5.41) is 2.88. The van der Waals surface area contributed by atoms with Crippen LogP contribution in [0.2, 0.25) is 0 Å². The van der Waals surface area contributed by atoms with Gasteiger partial charge < -0.3 is 16.0 Å². The Kier molecular flexibility index (Phi) is 6.81. The van der Waals surface area contributed by atoms with Crippen LogP contribution in [0.25, 0.3) is 6.08 Å². The van der Waals surface area contributed by atoms with Crippen LogP contribution in [0.3, 0.4) is 0 Å². The molecule has 0 radical (unpaired) electrons. The lowest BCUT2D eigenvalue weighted by molar-refractivity contribution is -0.116. The highest BCUT2D eigenvalue weighted by Crippen LogP contribution is 2.07. The van der Waals surface area contributed by atoms with Crippen LogP contribution in [0.5, 0.6) is 0 Å². The Morgan fingerprint density at radius 2 is 2.20 bits per heavy atom. The second-order valence-corrected chi connectivity index (χ2v) is 5.22. The molecule has 1 amide bonds. The van der Waals surface area contributed by atoms with Gasteiger partial charge in [0.1, 0.15) is 0 Å². The number of nitrogens with one attached hydrogen (secondary N) is 1. The van der Waals surface area contributed by atoms with E-state index in [1.807, 2.05) is 24.3 Å². The van der Waals surface area contributed by atoms with Gasteiger partial charge in [0.05, 0.1) is 0 Å². The monoisotopic (exact) mass is 275 g/mol. The van der Waals surface area contributed by atoms with Crippen molar-refractivity contribution in [2.24, 2.45) is 0 Å². The fourth-order valence-corrected chi connectivity index (χ4v) is 1.69. The number of hydrogen-bond acceptors (Lipinski definition) is 3. The van der Waals surface area contributed by atoms with Crippen molar-refractivity contribution >= 4 is 17.7 Å². The summed E-state index contributed by atoms with van der Waals surface area (Å²) in [5.41, 5.74) is 7.31. The van der Waals surface area contributed by atoms with Crippen molar-refractivity contribution in [3.05, 3.63) is 35.9 Å². The molecule has 4 nitrogen and oxygen atoms in total. The molecule has 0 spiro atoms. The van der Waals surface area contributed by atoms with E-state index in [1.54, 1.807) is 12.2 Å². The van der Waals surface area contributed by atoms with Gasteiger partial charge in [0.25, 0.3) is 0 Å². The van der Waals surface area contributed by atoms with Crippen molar-refractivity contribution in [3.63, 3.8) is 0 Å². The lowest BCUT2D eigenvalue weighted by Crippen LogP contribution is -2.30. The SMILES string of the molecule is CC(C)N(C)CCCNC(=O)/C=C/c1cccc(N)c1. The lowest BCUT2D eigenvalue weighted by Gasteiger charge is -2.20. The molecule has 0 fully saturated rings. The number of hydrogen-bond donors (Lipinski definition) is 2. The third-order valence-electron chi connectivity index (χ3n) is 3.21. The van der Waals surface area contributed by atoms with Gasteiger partial charge in [-0.2, -0.15) is 0 Å². The van der Waals surface area contributed by atoms with E-state index in [4.69, 9.17) is 5.73 Å². The van der Waals surface area contributed by atoms with Gasteiger partial charge in [0, 0.05) is 24.4 Å². The number of carbonyl (C=O) groups is 1. The number of anilines is 1. The summed E-state index contributed by atoms with van der Waals surface area (Å²) in [6, 6.07) is 7.98. The van der Waals surface area contributed by atoms with E-state index in [0.717, 1.165) is 18.5 Å². The summed E-state index contributed by atoms with van der Waals surface area (Å²) in [7, 11) is 2.09. The van der Waals surface area contributed by atoms with Gasteiger partial charge in [-0.15, -0.1) is 0 Å². The van der Waals surface area contributed by atoms with Crippen LogP contribution in [0, 0.1) is 0 Å². The van der Waals surface area contributed by atoms with Gasteiger partial charge in [0.15, 0.2) is 0 Å². The minimum atomic E-state index is -0.0698. The van der Waals surface area contributed by atoms with Crippen LogP contribution < -0.4 is 11.1 Å². The van der Waals surface area contributed by atoms with Crippen molar-refractivity contribution in [2.45, 2.75) is 26.3 Å². The molecule has 0 unspecified atom stereocenters. The first kappa shape index (κ1) is 16.2. The number of nitrogens with two attached hydrogens (primary N) is 1. The predicted molar refractivity (Wildman–Crippen MR) is 85.3 cm³/mol. The summed E-state index contributed by atoms with van der Waals surface area (Å²) in [5.74, 6) is -0.0698. The van der Waals surface area contributed by atoms with Gasteiger partial charge in [-0.05, 0) is 57.6 Å². The Bertz CT molecular complexity index is 455. The maximum absolute atomic E-state index is 11.6. The average Bonchev–Trinajstić information content (AvgIpc) is 2.41. The first-order chi connectivity index (χ1) is 9.49. The number of amides is 1. The summed E-state index contributed by atoms with van der Waals surface area (Å²) in [6.07, 6.45) is 4.26. The number of benzene rings is 1. The van der Waals surface area contributed by atoms with Crippen molar-refractivity contribution in [3.8, 4) is 0 Å². The van der Waals surface area contributed by atoms with E-state index in [9.17, 15) is 4.79 Å². The molecule has 0 aliphatic heterocycles. The predicted octanol–water partition coefficient (Wildman–Crippen LogP) is 2.13. The van der Waals surface area contributed by atoms with Gasteiger partial charge in [0.2, 0.25) is 5.91 Å². The molecule has 0 aliphatic rings. The van der Waals surface area contributed by atoms with Crippen LogP contribution in [-0.2, 0) is 4.79 Å². The molecule has 0 heterocycles. The fraction of sp³-hybridized carbons (Fsp3) is 0.438. The van der Waals surface area contributed by atoms with E-state index in [-0.39, 0.29) is 5.91 Å². The van der Waals surface area contributed by atoms with Gasteiger partial charge in [-0.3, -0.25) is 4.79 Å². The third-order valence-corrected chi connectivity index (χ3v) is 3.21. The molecular weight excluding hydrogens is 250 g/mol. The number of rotatable bonds is 7. The van der Waals surface area contributed by atoms with Gasteiger partial charge in [-0.25, -0.2) is 0 Å². The van der Waals surface area contributed by atoms with Crippen LogP contribution in [0.1, 0.15) is 25.8 Å². The molecule has 3 N–H and O–H groups in total. The topological polar surface area (TPSA) is 58.4 Å². The van der Waals surface area contributed by atoms with E-state index < -0.39 is 0 Å². The van der Waals surface area contributed by atoms with Crippen molar-refractivity contribution in [1.82, 2.24) is 10.2 Å². The molecule has 0 aromatic heterocycles. The third kappa shape index (κ3) is 6.38. The molecule has 4 heteroatoms. The van der Waals surface area contributed by atoms with Crippen molar-refractivity contribution < 1.29 is 4.79 Å². The number of carbonyl (C=O) groups excluding carboxylic acids is 1. The summed E-state index contributed by atoms with van der Waals surface area (Å²) in [4.78, 5) is 13.9. The van der Waals surface area contributed by atoms with Gasteiger partial charge >= 0.3 is 0 Å². The highest BCUT2D eigenvalue weighted by molar-refractivity contribution is 5.91. The highest BCUT2D eigenvalue weighted by Gasteiger charge is 2.02. The fourth-order valence-electron chi connectivity index (χ4n) is 1.69. The Hall–Kier alpha value is -1.81. The highest BCUT2D eigenvalue weighted by atomic mass is 16.1. The first-order valence-corrected chi connectivity index (χ1v) is 7.00. The van der Waals surface area contributed by atoms with Crippen LogP contribution in [-0.4, -0.2) is 37.0 Å². The molecule has 1 aromatic carbocycles. The largest absolute Gasteiger partial charge is 0.399 e. The second kappa shape index (κ2) is 8.38. The molecule has 0 atom stereocenters. The molecule has 1 aromatic rings. The lowest BCUT2D eigenvalue weighted by atomic mass is 10.2.